The van der Waals surface area contributed by atoms with Crippen LogP contribution >= 0.6 is 0 Å². The Morgan fingerprint density at radius 3 is 1.61 bits per heavy atom. The first kappa shape index (κ1) is 18.4. The van der Waals surface area contributed by atoms with Gasteiger partial charge in [-0.1, -0.05) is 0 Å². The van der Waals surface area contributed by atoms with Gasteiger partial charge in [0.1, 0.15) is 0 Å². The first-order valence-corrected chi connectivity index (χ1v) is 10.6. The van der Waals surface area contributed by atoms with E-state index in [1.807, 2.05) is 7.05 Å². The quantitative estimate of drug-likeness (QED) is 0.737. The van der Waals surface area contributed by atoms with Crippen LogP contribution in [0, 0.1) is 0 Å². The Labute approximate surface area is 152 Å². The molecule has 0 atom stereocenters. The number of benzene rings is 2. The zero-order valence-electron chi connectivity index (χ0n) is 15.4. The molecule has 23 heavy (non-hydrogen) atoms. The zero-order valence-corrected chi connectivity index (χ0v) is 17.8. The van der Waals surface area contributed by atoms with Crippen LogP contribution in [0.15, 0.2) is 42.5 Å². The normalized spacial score (nSPS) is 12.3. The molecule has 0 aromatic heterocycles. The molecule has 0 aliphatic heterocycles. The topological polar surface area (TPSA) is 12.0 Å². The third kappa shape index (κ3) is 4.52. The van der Waals surface area contributed by atoms with Gasteiger partial charge in [-0.2, -0.15) is 0 Å². The average molecular weight is 423 g/mol. The standard InChI is InChI=1S/C21H29NTe/c1-20(2,3)17-13-16(23-15-11-9-8-10-12-15)14-18(19(17)22-7)21(4,5)6/h8-14,22H,1-7H3. The van der Waals surface area contributed by atoms with Gasteiger partial charge in [0.25, 0.3) is 0 Å². The number of hydrogen-bond acceptors (Lipinski definition) is 1. The summed E-state index contributed by atoms with van der Waals surface area (Å²) in [6.45, 7) is 13.8. The Hall–Kier alpha value is -0.970. The molecule has 0 unspecified atom stereocenters. The maximum atomic E-state index is 3.48. The summed E-state index contributed by atoms with van der Waals surface area (Å²) in [5, 5.41) is 3.48. The summed E-state index contributed by atoms with van der Waals surface area (Å²) >= 11 is -0.353. The summed E-state index contributed by atoms with van der Waals surface area (Å²) < 4.78 is 3.02. The molecule has 0 aliphatic carbocycles. The number of anilines is 1. The summed E-state index contributed by atoms with van der Waals surface area (Å²) in [7, 11) is 2.05. The van der Waals surface area contributed by atoms with E-state index in [9.17, 15) is 0 Å². The van der Waals surface area contributed by atoms with Crippen molar-refractivity contribution in [3.63, 3.8) is 0 Å². The van der Waals surface area contributed by atoms with Crippen molar-refractivity contribution in [1.29, 1.82) is 0 Å². The summed E-state index contributed by atoms with van der Waals surface area (Å²) in [5.74, 6) is 0. The van der Waals surface area contributed by atoms with Crippen LogP contribution in [0.3, 0.4) is 0 Å². The summed E-state index contributed by atoms with van der Waals surface area (Å²) in [6.07, 6.45) is 0. The van der Waals surface area contributed by atoms with Crippen LogP contribution in [0.4, 0.5) is 5.69 Å². The Bertz CT molecular complexity index is 625. The second kappa shape index (κ2) is 6.88. The van der Waals surface area contributed by atoms with Crippen LogP contribution in [0.2, 0.25) is 0 Å². The predicted molar refractivity (Wildman–Crippen MR) is 105 cm³/mol. The van der Waals surface area contributed by atoms with Crippen molar-refractivity contribution in [2.24, 2.45) is 0 Å². The first-order valence-electron chi connectivity index (χ1n) is 8.22. The van der Waals surface area contributed by atoms with Gasteiger partial charge in [-0.05, 0) is 0 Å². The van der Waals surface area contributed by atoms with Gasteiger partial charge in [0.15, 0.2) is 0 Å². The van der Waals surface area contributed by atoms with E-state index in [2.05, 4.69) is 89.3 Å². The van der Waals surface area contributed by atoms with E-state index >= 15 is 0 Å². The Balaban J connectivity index is 2.60. The Kier molecular flexibility index (Phi) is 5.49. The van der Waals surface area contributed by atoms with Crippen molar-refractivity contribution >= 4 is 33.8 Å². The molecule has 2 heteroatoms. The van der Waals surface area contributed by atoms with Gasteiger partial charge in [-0.3, -0.25) is 0 Å². The minimum atomic E-state index is -0.353. The Morgan fingerprint density at radius 1 is 0.739 bits per heavy atom. The predicted octanol–water partition coefficient (Wildman–Crippen LogP) is 3.98. The van der Waals surface area contributed by atoms with Gasteiger partial charge in [0.05, 0.1) is 0 Å². The fraction of sp³-hybridized carbons (Fsp3) is 0.429. The van der Waals surface area contributed by atoms with E-state index in [1.54, 1.807) is 0 Å². The van der Waals surface area contributed by atoms with Crippen molar-refractivity contribution in [1.82, 2.24) is 0 Å². The van der Waals surface area contributed by atoms with Gasteiger partial charge in [0.2, 0.25) is 0 Å². The Morgan fingerprint density at radius 2 is 1.22 bits per heavy atom. The third-order valence-corrected chi connectivity index (χ3v) is 6.75. The van der Waals surface area contributed by atoms with Crippen molar-refractivity contribution < 1.29 is 0 Å². The van der Waals surface area contributed by atoms with E-state index in [-0.39, 0.29) is 31.8 Å². The second-order valence-corrected chi connectivity index (χ2v) is 11.3. The van der Waals surface area contributed by atoms with E-state index in [0.717, 1.165) is 0 Å². The van der Waals surface area contributed by atoms with E-state index < -0.39 is 0 Å². The average Bonchev–Trinajstić information content (AvgIpc) is 2.45. The molecular formula is C21H29NTe. The molecule has 0 heterocycles. The van der Waals surface area contributed by atoms with E-state index in [1.165, 1.54) is 24.0 Å². The van der Waals surface area contributed by atoms with Gasteiger partial charge in [-0.25, -0.2) is 0 Å². The number of nitrogens with one attached hydrogen (secondary N) is 1. The number of hydrogen-bond donors (Lipinski definition) is 1. The molecule has 2 rings (SSSR count). The molecule has 0 bridgehead atoms. The van der Waals surface area contributed by atoms with Crippen LogP contribution in [-0.4, -0.2) is 28.0 Å². The SMILES string of the molecule is CNc1c(C(C)(C)C)cc([Te]c2ccccc2)cc1C(C)(C)C. The molecular weight excluding hydrogens is 394 g/mol. The molecule has 0 saturated carbocycles. The molecule has 2 aromatic carbocycles. The summed E-state index contributed by atoms with van der Waals surface area (Å²) in [5.41, 5.74) is 4.46. The van der Waals surface area contributed by atoms with Crippen molar-refractivity contribution in [3.8, 4) is 0 Å². The molecule has 0 radical (unpaired) electrons. The zero-order chi connectivity index (χ0) is 17.3. The second-order valence-electron chi connectivity index (χ2n) is 8.06. The van der Waals surface area contributed by atoms with Gasteiger partial charge in [-0.15, -0.1) is 0 Å². The monoisotopic (exact) mass is 425 g/mol. The van der Waals surface area contributed by atoms with E-state index in [4.69, 9.17) is 0 Å². The van der Waals surface area contributed by atoms with Gasteiger partial charge >= 0.3 is 152 Å². The molecule has 1 nitrogen and oxygen atoms in total. The maximum absolute atomic E-state index is 3.48. The van der Waals surface area contributed by atoms with Crippen molar-refractivity contribution in [2.75, 3.05) is 12.4 Å². The molecule has 2 aromatic rings. The van der Waals surface area contributed by atoms with Crippen LogP contribution in [0.25, 0.3) is 0 Å². The minimum absolute atomic E-state index is 0.137. The summed E-state index contributed by atoms with van der Waals surface area (Å²) in [6, 6.07) is 15.8. The first-order chi connectivity index (χ1) is 10.6. The fourth-order valence-corrected chi connectivity index (χ4v) is 5.37. The van der Waals surface area contributed by atoms with Gasteiger partial charge in [0, 0.05) is 0 Å². The van der Waals surface area contributed by atoms with Crippen molar-refractivity contribution in [3.05, 3.63) is 53.6 Å². The number of rotatable bonds is 3. The third-order valence-electron chi connectivity index (χ3n) is 3.96. The van der Waals surface area contributed by atoms with Crippen LogP contribution in [0.1, 0.15) is 52.7 Å². The van der Waals surface area contributed by atoms with Crippen LogP contribution in [-0.2, 0) is 10.8 Å². The molecule has 0 amide bonds. The molecule has 0 saturated heterocycles. The molecule has 124 valence electrons. The van der Waals surface area contributed by atoms with E-state index in [0.29, 0.717) is 0 Å². The molecule has 0 aliphatic rings. The molecule has 0 fully saturated rings. The fourth-order valence-electron chi connectivity index (χ4n) is 2.75. The van der Waals surface area contributed by atoms with Crippen molar-refractivity contribution in [2.45, 2.75) is 52.4 Å². The summed E-state index contributed by atoms with van der Waals surface area (Å²) in [4.78, 5) is 0. The molecule has 1 N–H and O–H groups in total. The van der Waals surface area contributed by atoms with Crippen LogP contribution < -0.4 is 12.5 Å². The molecule has 0 spiro atoms. The van der Waals surface area contributed by atoms with Crippen LogP contribution in [0.5, 0.6) is 0 Å². The van der Waals surface area contributed by atoms with Gasteiger partial charge < -0.3 is 0 Å².